The maximum absolute atomic E-state index is 12.1. The van der Waals surface area contributed by atoms with Gasteiger partial charge < -0.3 is 4.98 Å². The van der Waals surface area contributed by atoms with Crippen molar-refractivity contribution in [3.63, 3.8) is 0 Å². The number of H-pyrrole nitrogens is 2. The van der Waals surface area contributed by atoms with Gasteiger partial charge in [-0.25, -0.2) is 0 Å². The van der Waals surface area contributed by atoms with E-state index in [9.17, 15) is 4.79 Å². The molecule has 23 heavy (non-hydrogen) atoms. The Balaban J connectivity index is 1.59. The molecule has 3 aromatic rings. The molecule has 2 N–H and O–H groups in total. The van der Waals surface area contributed by atoms with Gasteiger partial charge in [-0.05, 0) is 29.9 Å². The molecular formula is C17H16N4OS. The first-order valence-corrected chi connectivity index (χ1v) is 8.00. The molecule has 0 bridgehead atoms. The minimum atomic E-state index is -0.0786. The van der Waals surface area contributed by atoms with Crippen LogP contribution in [0.15, 0.2) is 41.3 Å². The standard InChI is InChI=1S/C17H16N4OS/c22-16-13-10-21(6-5-15(13)19-17(23)20-16)9-11-7-12-3-1-2-4-14(12)18-8-11/h1-4,7-8H,5-6,9-10H2,(H2,19,20,22,23). The molecule has 1 aliphatic heterocycles. The van der Waals surface area contributed by atoms with Crippen LogP contribution in [0.3, 0.4) is 0 Å². The molecule has 116 valence electrons. The van der Waals surface area contributed by atoms with E-state index in [0.717, 1.165) is 47.2 Å². The van der Waals surface area contributed by atoms with Crippen molar-refractivity contribution in [2.24, 2.45) is 0 Å². The number of fused-ring (bicyclic) bond motifs is 2. The topological polar surface area (TPSA) is 64.8 Å². The Kier molecular flexibility index (Phi) is 3.55. The number of benzene rings is 1. The summed E-state index contributed by atoms with van der Waals surface area (Å²) < 4.78 is 0.404. The van der Waals surface area contributed by atoms with Crippen molar-refractivity contribution in [3.05, 3.63) is 68.5 Å². The van der Waals surface area contributed by atoms with Crippen molar-refractivity contribution < 1.29 is 0 Å². The van der Waals surface area contributed by atoms with Crippen LogP contribution in [0, 0.1) is 4.77 Å². The number of rotatable bonds is 2. The Morgan fingerprint density at radius 1 is 1.26 bits per heavy atom. The van der Waals surface area contributed by atoms with Gasteiger partial charge in [0.05, 0.1) is 11.1 Å². The number of para-hydroxylation sites is 1. The van der Waals surface area contributed by atoms with E-state index in [0.29, 0.717) is 11.3 Å². The third-order valence-corrected chi connectivity index (χ3v) is 4.45. The summed E-state index contributed by atoms with van der Waals surface area (Å²) in [6, 6.07) is 10.3. The molecule has 0 saturated heterocycles. The Morgan fingerprint density at radius 2 is 2.13 bits per heavy atom. The summed E-state index contributed by atoms with van der Waals surface area (Å²) in [7, 11) is 0. The zero-order valence-electron chi connectivity index (χ0n) is 12.5. The molecule has 0 unspecified atom stereocenters. The monoisotopic (exact) mass is 324 g/mol. The largest absolute Gasteiger partial charge is 0.335 e. The highest BCUT2D eigenvalue weighted by molar-refractivity contribution is 7.71. The van der Waals surface area contributed by atoms with E-state index in [-0.39, 0.29) is 5.56 Å². The molecule has 6 heteroatoms. The molecule has 0 aliphatic carbocycles. The number of hydrogen-bond donors (Lipinski definition) is 2. The molecule has 1 aliphatic rings. The second-order valence-electron chi connectivity index (χ2n) is 5.86. The lowest BCUT2D eigenvalue weighted by Gasteiger charge is -2.27. The lowest BCUT2D eigenvalue weighted by molar-refractivity contribution is 0.241. The third kappa shape index (κ3) is 2.83. The summed E-state index contributed by atoms with van der Waals surface area (Å²) in [5.74, 6) is 0. The zero-order chi connectivity index (χ0) is 15.8. The highest BCUT2D eigenvalue weighted by Crippen LogP contribution is 2.18. The normalized spacial score (nSPS) is 14.8. The van der Waals surface area contributed by atoms with E-state index < -0.39 is 0 Å². The molecule has 2 aromatic heterocycles. The van der Waals surface area contributed by atoms with Crippen LogP contribution in [0.25, 0.3) is 10.9 Å². The van der Waals surface area contributed by atoms with Crippen molar-refractivity contribution in [1.82, 2.24) is 19.9 Å². The Bertz CT molecular complexity index is 992. The van der Waals surface area contributed by atoms with Crippen LogP contribution in [0.5, 0.6) is 0 Å². The first-order valence-electron chi connectivity index (χ1n) is 7.59. The summed E-state index contributed by atoms with van der Waals surface area (Å²) in [4.78, 5) is 24.6. The number of nitrogens with zero attached hydrogens (tertiary/aromatic N) is 2. The van der Waals surface area contributed by atoms with E-state index >= 15 is 0 Å². The molecule has 0 atom stereocenters. The van der Waals surface area contributed by atoms with Gasteiger partial charge >= 0.3 is 0 Å². The first kappa shape index (κ1) is 14.3. The molecule has 0 radical (unpaired) electrons. The van der Waals surface area contributed by atoms with Gasteiger partial charge in [-0.3, -0.25) is 19.7 Å². The van der Waals surface area contributed by atoms with Crippen molar-refractivity contribution >= 4 is 23.1 Å². The van der Waals surface area contributed by atoms with Crippen LogP contribution in [0.4, 0.5) is 0 Å². The highest BCUT2D eigenvalue weighted by atomic mass is 32.1. The fourth-order valence-corrected chi connectivity index (χ4v) is 3.32. The van der Waals surface area contributed by atoms with Crippen molar-refractivity contribution in [2.75, 3.05) is 6.54 Å². The highest BCUT2D eigenvalue weighted by Gasteiger charge is 2.19. The molecule has 0 amide bonds. The van der Waals surface area contributed by atoms with Crippen LogP contribution in [0.1, 0.15) is 16.8 Å². The quantitative estimate of drug-likeness (QED) is 0.711. The molecular weight excluding hydrogens is 308 g/mol. The number of pyridine rings is 1. The maximum atomic E-state index is 12.1. The van der Waals surface area contributed by atoms with E-state index in [1.165, 1.54) is 0 Å². The minimum absolute atomic E-state index is 0.0786. The lowest BCUT2D eigenvalue weighted by atomic mass is 10.1. The molecule has 0 saturated carbocycles. The first-order chi connectivity index (χ1) is 11.2. The van der Waals surface area contributed by atoms with Crippen LogP contribution < -0.4 is 5.56 Å². The average Bonchev–Trinajstić information content (AvgIpc) is 2.55. The van der Waals surface area contributed by atoms with Gasteiger partial charge in [0.1, 0.15) is 0 Å². The van der Waals surface area contributed by atoms with Crippen LogP contribution in [-0.2, 0) is 19.5 Å². The van der Waals surface area contributed by atoms with Crippen molar-refractivity contribution in [1.29, 1.82) is 0 Å². The Morgan fingerprint density at radius 3 is 3.04 bits per heavy atom. The Hall–Kier alpha value is -2.31. The fraction of sp³-hybridized carbons (Fsp3) is 0.235. The second kappa shape index (κ2) is 5.72. The van der Waals surface area contributed by atoms with Crippen molar-refractivity contribution in [2.45, 2.75) is 19.5 Å². The van der Waals surface area contributed by atoms with E-state index in [2.05, 4.69) is 32.0 Å². The van der Waals surface area contributed by atoms with Crippen LogP contribution in [0.2, 0.25) is 0 Å². The summed E-state index contributed by atoms with van der Waals surface area (Å²) >= 11 is 5.03. The van der Waals surface area contributed by atoms with Gasteiger partial charge in [-0.15, -0.1) is 0 Å². The van der Waals surface area contributed by atoms with Gasteiger partial charge in [0, 0.05) is 43.3 Å². The number of nitrogens with one attached hydrogen (secondary N) is 2. The Labute approximate surface area is 138 Å². The number of aromatic amines is 2. The molecule has 5 nitrogen and oxygen atoms in total. The van der Waals surface area contributed by atoms with Crippen LogP contribution >= 0.6 is 12.2 Å². The summed E-state index contributed by atoms with van der Waals surface area (Å²) in [5, 5.41) is 1.14. The van der Waals surface area contributed by atoms with Crippen molar-refractivity contribution in [3.8, 4) is 0 Å². The van der Waals surface area contributed by atoms with Gasteiger partial charge in [-0.2, -0.15) is 0 Å². The van der Waals surface area contributed by atoms with E-state index in [4.69, 9.17) is 12.2 Å². The minimum Gasteiger partial charge on any atom is -0.335 e. The summed E-state index contributed by atoms with van der Waals surface area (Å²) in [5.41, 5.74) is 3.84. The predicted molar refractivity (Wildman–Crippen MR) is 91.8 cm³/mol. The van der Waals surface area contributed by atoms with Gasteiger partial charge in [0.2, 0.25) is 0 Å². The molecule has 4 rings (SSSR count). The molecule has 3 heterocycles. The lowest BCUT2D eigenvalue weighted by Crippen LogP contribution is -2.35. The number of aromatic nitrogens is 3. The predicted octanol–water partition coefficient (Wildman–Crippen LogP) is 2.54. The van der Waals surface area contributed by atoms with E-state index in [1.807, 2.05) is 24.4 Å². The second-order valence-corrected chi connectivity index (χ2v) is 6.27. The third-order valence-electron chi connectivity index (χ3n) is 4.24. The van der Waals surface area contributed by atoms with Gasteiger partial charge in [0.15, 0.2) is 4.77 Å². The SMILES string of the molecule is O=c1[nH]c(=S)[nH]c2c1CN(Cc1cnc3ccccc3c1)CC2. The summed E-state index contributed by atoms with van der Waals surface area (Å²) in [6.07, 6.45) is 2.73. The van der Waals surface area contributed by atoms with Crippen LogP contribution in [-0.4, -0.2) is 26.4 Å². The van der Waals surface area contributed by atoms with Gasteiger partial charge in [0.25, 0.3) is 5.56 Å². The zero-order valence-corrected chi connectivity index (χ0v) is 13.3. The molecule has 0 fully saturated rings. The maximum Gasteiger partial charge on any atom is 0.256 e. The molecule has 0 spiro atoms. The van der Waals surface area contributed by atoms with Gasteiger partial charge in [-0.1, -0.05) is 18.2 Å². The average molecular weight is 324 g/mol. The summed E-state index contributed by atoms with van der Waals surface area (Å²) in [6.45, 7) is 2.31. The molecule has 1 aromatic carbocycles. The smallest absolute Gasteiger partial charge is 0.256 e. The number of hydrogen-bond acceptors (Lipinski definition) is 4. The fourth-order valence-electron chi connectivity index (χ4n) is 3.11. The van der Waals surface area contributed by atoms with E-state index in [1.54, 1.807) is 0 Å².